The molecule has 0 bridgehead atoms. The second-order valence-corrected chi connectivity index (χ2v) is 4.85. The molecule has 0 atom stereocenters. The van der Waals surface area contributed by atoms with Crippen LogP contribution in [0.3, 0.4) is 0 Å². The van der Waals surface area contributed by atoms with Gasteiger partial charge in [-0.3, -0.25) is 9.78 Å². The first kappa shape index (κ1) is 16.0. The number of hydrogen-bond donors (Lipinski definition) is 2. The van der Waals surface area contributed by atoms with Crippen LogP contribution in [0.15, 0.2) is 42.6 Å². The fraction of sp³-hybridized carbons (Fsp3) is 0.294. The first-order valence-electron chi connectivity index (χ1n) is 7.32. The Bertz CT molecular complexity index is 612. The van der Waals surface area contributed by atoms with E-state index in [1.807, 2.05) is 30.3 Å². The highest BCUT2D eigenvalue weighted by Gasteiger charge is 2.08. The molecule has 116 valence electrons. The number of hydrogen-bond acceptors (Lipinski definition) is 4. The van der Waals surface area contributed by atoms with Crippen LogP contribution in [-0.2, 0) is 11.2 Å². The average Bonchev–Trinajstić information content (AvgIpc) is 2.56. The number of methoxy groups -OCH3 is 1. The van der Waals surface area contributed by atoms with Crippen molar-refractivity contribution < 1.29 is 9.53 Å². The standard InChI is InChI=1S/C17H21N3O2/c1-3-13-4-6-14(7-5-13)20-17(21)16-12-15(8-9-19-16)18-10-11-22-2/h4-9,12H,3,10-11H2,1-2H3,(H,18,19)(H,20,21). The molecular formula is C17H21N3O2. The normalized spacial score (nSPS) is 10.3. The van der Waals surface area contributed by atoms with Crippen molar-refractivity contribution in [2.24, 2.45) is 0 Å². The quantitative estimate of drug-likeness (QED) is 0.772. The molecule has 5 heteroatoms. The molecule has 2 rings (SSSR count). The minimum Gasteiger partial charge on any atom is -0.383 e. The number of carbonyl (C=O) groups excluding carboxylic acids is 1. The molecule has 0 saturated heterocycles. The molecule has 1 heterocycles. The molecular weight excluding hydrogens is 278 g/mol. The van der Waals surface area contributed by atoms with Gasteiger partial charge in [-0.1, -0.05) is 19.1 Å². The molecule has 1 amide bonds. The topological polar surface area (TPSA) is 63.2 Å². The molecule has 0 aliphatic carbocycles. The van der Waals surface area contributed by atoms with Gasteiger partial charge in [0.15, 0.2) is 0 Å². The van der Waals surface area contributed by atoms with Gasteiger partial charge in [0.25, 0.3) is 5.91 Å². The van der Waals surface area contributed by atoms with E-state index < -0.39 is 0 Å². The van der Waals surface area contributed by atoms with Gasteiger partial charge in [0.05, 0.1) is 6.61 Å². The van der Waals surface area contributed by atoms with Crippen molar-refractivity contribution in [3.8, 4) is 0 Å². The fourth-order valence-corrected chi connectivity index (χ4v) is 1.98. The molecule has 1 aromatic heterocycles. The van der Waals surface area contributed by atoms with Crippen LogP contribution in [0.4, 0.5) is 11.4 Å². The van der Waals surface area contributed by atoms with Crippen LogP contribution in [-0.4, -0.2) is 31.2 Å². The Morgan fingerprint density at radius 1 is 1.18 bits per heavy atom. The molecule has 5 nitrogen and oxygen atoms in total. The van der Waals surface area contributed by atoms with Crippen LogP contribution >= 0.6 is 0 Å². The number of amides is 1. The van der Waals surface area contributed by atoms with Gasteiger partial charge in [-0.15, -0.1) is 0 Å². The summed E-state index contributed by atoms with van der Waals surface area (Å²) in [6.07, 6.45) is 2.59. The summed E-state index contributed by atoms with van der Waals surface area (Å²) in [6, 6.07) is 11.4. The molecule has 1 aromatic carbocycles. The maximum absolute atomic E-state index is 12.2. The van der Waals surface area contributed by atoms with Crippen molar-refractivity contribution in [2.75, 3.05) is 30.9 Å². The van der Waals surface area contributed by atoms with E-state index in [0.29, 0.717) is 18.8 Å². The second-order valence-electron chi connectivity index (χ2n) is 4.85. The van der Waals surface area contributed by atoms with Crippen molar-refractivity contribution in [3.63, 3.8) is 0 Å². The van der Waals surface area contributed by atoms with E-state index in [4.69, 9.17) is 4.74 Å². The van der Waals surface area contributed by atoms with E-state index in [1.54, 1.807) is 19.4 Å². The summed E-state index contributed by atoms with van der Waals surface area (Å²) in [5.41, 5.74) is 3.22. The molecule has 0 saturated carbocycles. The lowest BCUT2D eigenvalue weighted by molar-refractivity contribution is 0.102. The summed E-state index contributed by atoms with van der Waals surface area (Å²) in [4.78, 5) is 16.3. The van der Waals surface area contributed by atoms with E-state index >= 15 is 0 Å². The lowest BCUT2D eigenvalue weighted by Crippen LogP contribution is -2.14. The smallest absolute Gasteiger partial charge is 0.274 e. The van der Waals surface area contributed by atoms with Gasteiger partial charge >= 0.3 is 0 Å². The van der Waals surface area contributed by atoms with E-state index in [9.17, 15) is 4.79 Å². The van der Waals surface area contributed by atoms with Gasteiger partial charge in [-0.25, -0.2) is 0 Å². The number of nitrogens with one attached hydrogen (secondary N) is 2. The third-order valence-electron chi connectivity index (χ3n) is 3.25. The Balaban J connectivity index is 2.00. The van der Waals surface area contributed by atoms with Crippen molar-refractivity contribution in [1.29, 1.82) is 0 Å². The largest absolute Gasteiger partial charge is 0.383 e. The Hall–Kier alpha value is -2.40. The first-order valence-corrected chi connectivity index (χ1v) is 7.32. The highest BCUT2D eigenvalue weighted by atomic mass is 16.5. The lowest BCUT2D eigenvalue weighted by atomic mass is 10.1. The first-order chi connectivity index (χ1) is 10.7. The summed E-state index contributed by atoms with van der Waals surface area (Å²) in [6.45, 7) is 3.38. The molecule has 0 unspecified atom stereocenters. The minimum absolute atomic E-state index is 0.223. The van der Waals surface area contributed by atoms with E-state index in [1.165, 1.54) is 5.56 Å². The zero-order valence-corrected chi connectivity index (χ0v) is 12.9. The van der Waals surface area contributed by atoms with Gasteiger partial charge in [0, 0.05) is 31.2 Å². The molecule has 22 heavy (non-hydrogen) atoms. The predicted octanol–water partition coefficient (Wildman–Crippen LogP) is 2.95. The van der Waals surface area contributed by atoms with Crippen LogP contribution in [0.2, 0.25) is 0 Å². The highest BCUT2D eigenvalue weighted by molar-refractivity contribution is 6.03. The zero-order valence-electron chi connectivity index (χ0n) is 12.9. The molecule has 0 aliphatic rings. The Labute approximate surface area is 130 Å². The Kier molecular flexibility index (Phi) is 5.91. The van der Waals surface area contributed by atoms with Gasteiger partial charge in [0.1, 0.15) is 5.69 Å². The molecule has 0 aliphatic heterocycles. The van der Waals surface area contributed by atoms with Crippen LogP contribution in [0.5, 0.6) is 0 Å². The van der Waals surface area contributed by atoms with E-state index in [2.05, 4.69) is 22.5 Å². The number of carbonyl (C=O) groups is 1. The number of nitrogens with zero attached hydrogens (tertiary/aromatic N) is 1. The molecule has 2 N–H and O–H groups in total. The Morgan fingerprint density at radius 2 is 1.95 bits per heavy atom. The maximum atomic E-state index is 12.2. The third-order valence-corrected chi connectivity index (χ3v) is 3.25. The van der Waals surface area contributed by atoms with Gasteiger partial charge in [-0.2, -0.15) is 0 Å². The van der Waals surface area contributed by atoms with Crippen molar-refractivity contribution in [1.82, 2.24) is 4.98 Å². The van der Waals surface area contributed by atoms with E-state index in [-0.39, 0.29) is 5.91 Å². The van der Waals surface area contributed by atoms with Gasteiger partial charge in [0.2, 0.25) is 0 Å². The summed E-state index contributed by atoms with van der Waals surface area (Å²) in [5, 5.41) is 6.02. The van der Waals surface area contributed by atoms with Crippen molar-refractivity contribution in [3.05, 3.63) is 53.9 Å². The molecule has 0 radical (unpaired) electrons. The highest BCUT2D eigenvalue weighted by Crippen LogP contribution is 2.13. The minimum atomic E-state index is -0.223. The predicted molar refractivity (Wildman–Crippen MR) is 88.4 cm³/mol. The molecule has 2 aromatic rings. The SMILES string of the molecule is CCc1ccc(NC(=O)c2cc(NCCOC)ccn2)cc1. The van der Waals surface area contributed by atoms with Crippen LogP contribution in [0.25, 0.3) is 0 Å². The summed E-state index contributed by atoms with van der Waals surface area (Å²) < 4.78 is 4.98. The third kappa shape index (κ3) is 4.56. The van der Waals surface area contributed by atoms with Crippen LogP contribution in [0, 0.1) is 0 Å². The number of benzene rings is 1. The fourth-order valence-electron chi connectivity index (χ4n) is 1.98. The van der Waals surface area contributed by atoms with Gasteiger partial charge < -0.3 is 15.4 Å². The number of rotatable bonds is 7. The summed E-state index contributed by atoms with van der Waals surface area (Å²) >= 11 is 0. The van der Waals surface area contributed by atoms with Crippen molar-refractivity contribution in [2.45, 2.75) is 13.3 Å². The summed E-state index contributed by atoms with van der Waals surface area (Å²) in [7, 11) is 1.65. The van der Waals surface area contributed by atoms with Crippen LogP contribution in [0.1, 0.15) is 23.0 Å². The molecule has 0 spiro atoms. The van der Waals surface area contributed by atoms with E-state index in [0.717, 1.165) is 17.8 Å². The number of ether oxygens (including phenoxy) is 1. The Morgan fingerprint density at radius 3 is 2.64 bits per heavy atom. The summed E-state index contributed by atoms with van der Waals surface area (Å²) in [5.74, 6) is -0.223. The lowest BCUT2D eigenvalue weighted by Gasteiger charge is -2.08. The number of pyridine rings is 1. The van der Waals surface area contributed by atoms with Crippen LogP contribution < -0.4 is 10.6 Å². The second kappa shape index (κ2) is 8.14. The van der Waals surface area contributed by atoms with Gasteiger partial charge in [-0.05, 0) is 36.2 Å². The number of aryl methyl sites for hydroxylation is 1. The molecule has 0 fully saturated rings. The average molecular weight is 299 g/mol. The monoisotopic (exact) mass is 299 g/mol. The number of aromatic nitrogens is 1. The zero-order chi connectivity index (χ0) is 15.8. The van der Waals surface area contributed by atoms with Crippen molar-refractivity contribution >= 4 is 17.3 Å². The maximum Gasteiger partial charge on any atom is 0.274 e. The number of anilines is 2.